The third-order valence-corrected chi connectivity index (χ3v) is 3.82. The molecule has 0 aliphatic rings. The standard InChI is InChI=1S/C14H15NO5S/c1-3-19-10-4-6-11(7-5-10)20-14-12(15(17)18)8-13(21-14)9(2)16/h4-9,16H,3H2,1-2H3. The molecule has 6 nitrogen and oxygen atoms in total. The third-order valence-electron chi connectivity index (χ3n) is 2.65. The molecule has 0 fully saturated rings. The van der Waals surface area contributed by atoms with Crippen molar-refractivity contribution in [2.24, 2.45) is 0 Å². The van der Waals surface area contributed by atoms with E-state index in [4.69, 9.17) is 9.47 Å². The topological polar surface area (TPSA) is 81.8 Å². The number of rotatable bonds is 6. The van der Waals surface area contributed by atoms with Crippen molar-refractivity contribution in [3.8, 4) is 16.6 Å². The normalized spacial score (nSPS) is 12.0. The van der Waals surface area contributed by atoms with Crippen LogP contribution in [0, 0.1) is 10.1 Å². The summed E-state index contributed by atoms with van der Waals surface area (Å²) in [5, 5.41) is 20.7. The van der Waals surface area contributed by atoms with Crippen LogP contribution < -0.4 is 9.47 Å². The molecule has 1 atom stereocenters. The lowest BCUT2D eigenvalue weighted by molar-refractivity contribution is -0.385. The lowest BCUT2D eigenvalue weighted by Gasteiger charge is -2.05. The fourth-order valence-electron chi connectivity index (χ4n) is 1.67. The Bertz CT molecular complexity index is 621. The Kier molecular flexibility index (Phi) is 4.77. The monoisotopic (exact) mass is 309 g/mol. The van der Waals surface area contributed by atoms with Gasteiger partial charge < -0.3 is 14.6 Å². The van der Waals surface area contributed by atoms with Gasteiger partial charge in [-0.2, -0.15) is 0 Å². The maximum Gasteiger partial charge on any atom is 0.323 e. The van der Waals surface area contributed by atoms with E-state index >= 15 is 0 Å². The summed E-state index contributed by atoms with van der Waals surface area (Å²) in [4.78, 5) is 11.0. The van der Waals surface area contributed by atoms with Gasteiger partial charge in [-0.15, -0.1) is 0 Å². The molecule has 0 saturated carbocycles. The molecule has 0 amide bonds. The number of aliphatic hydroxyl groups excluding tert-OH is 1. The molecule has 1 unspecified atom stereocenters. The van der Waals surface area contributed by atoms with Crippen molar-refractivity contribution in [3.05, 3.63) is 45.3 Å². The van der Waals surface area contributed by atoms with Crippen LogP contribution >= 0.6 is 11.3 Å². The number of nitro groups is 1. The van der Waals surface area contributed by atoms with Crippen LogP contribution in [-0.4, -0.2) is 16.6 Å². The summed E-state index contributed by atoms with van der Waals surface area (Å²) in [5.74, 6) is 1.18. The highest BCUT2D eigenvalue weighted by Gasteiger charge is 2.23. The van der Waals surface area contributed by atoms with Gasteiger partial charge in [-0.05, 0) is 38.1 Å². The predicted molar refractivity (Wildman–Crippen MR) is 79.3 cm³/mol. The zero-order valence-electron chi connectivity index (χ0n) is 11.6. The van der Waals surface area contributed by atoms with Crippen LogP contribution in [0.2, 0.25) is 0 Å². The van der Waals surface area contributed by atoms with Crippen LogP contribution in [0.3, 0.4) is 0 Å². The van der Waals surface area contributed by atoms with Crippen molar-refractivity contribution in [1.29, 1.82) is 0 Å². The molecule has 112 valence electrons. The average Bonchev–Trinajstić information content (AvgIpc) is 2.86. The zero-order valence-corrected chi connectivity index (χ0v) is 12.4. The Balaban J connectivity index is 2.23. The molecule has 0 radical (unpaired) electrons. The average molecular weight is 309 g/mol. The van der Waals surface area contributed by atoms with E-state index in [1.165, 1.54) is 6.07 Å². The summed E-state index contributed by atoms with van der Waals surface area (Å²) in [7, 11) is 0. The van der Waals surface area contributed by atoms with Gasteiger partial charge in [-0.3, -0.25) is 10.1 Å². The highest BCUT2D eigenvalue weighted by Crippen LogP contribution is 2.42. The van der Waals surface area contributed by atoms with Crippen LogP contribution in [0.1, 0.15) is 24.8 Å². The number of ether oxygens (including phenoxy) is 2. The van der Waals surface area contributed by atoms with E-state index in [2.05, 4.69) is 0 Å². The first-order valence-corrected chi connectivity index (χ1v) is 7.19. The third kappa shape index (κ3) is 3.71. The highest BCUT2D eigenvalue weighted by molar-refractivity contribution is 7.14. The first-order chi connectivity index (χ1) is 10.0. The van der Waals surface area contributed by atoms with Gasteiger partial charge in [-0.25, -0.2) is 0 Å². The second-order valence-electron chi connectivity index (χ2n) is 4.26. The van der Waals surface area contributed by atoms with E-state index in [9.17, 15) is 15.2 Å². The van der Waals surface area contributed by atoms with E-state index in [-0.39, 0.29) is 10.8 Å². The molecule has 1 aromatic heterocycles. The van der Waals surface area contributed by atoms with Crippen molar-refractivity contribution in [3.63, 3.8) is 0 Å². The van der Waals surface area contributed by atoms with Gasteiger partial charge in [0.05, 0.1) is 17.6 Å². The van der Waals surface area contributed by atoms with Gasteiger partial charge >= 0.3 is 5.69 Å². The van der Waals surface area contributed by atoms with E-state index in [0.717, 1.165) is 11.3 Å². The molecule has 7 heteroatoms. The van der Waals surface area contributed by atoms with Crippen molar-refractivity contribution in [2.45, 2.75) is 20.0 Å². The summed E-state index contributed by atoms with van der Waals surface area (Å²) in [6.07, 6.45) is -0.772. The zero-order chi connectivity index (χ0) is 15.4. The van der Waals surface area contributed by atoms with Crippen molar-refractivity contribution in [1.82, 2.24) is 0 Å². The first-order valence-electron chi connectivity index (χ1n) is 6.38. The van der Waals surface area contributed by atoms with Gasteiger partial charge in [0.1, 0.15) is 11.5 Å². The molecule has 0 aliphatic carbocycles. The lowest BCUT2D eigenvalue weighted by Crippen LogP contribution is -1.91. The largest absolute Gasteiger partial charge is 0.494 e. The summed E-state index contributed by atoms with van der Waals surface area (Å²) in [6.45, 7) is 4.00. The number of nitrogens with zero attached hydrogens (tertiary/aromatic N) is 1. The molecule has 1 aromatic carbocycles. The minimum atomic E-state index is -0.772. The van der Waals surface area contributed by atoms with Crippen LogP contribution in [-0.2, 0) is 0 Å². The lowest BCUT2D eigenvalue weighted by atomic mass is 10.3. The van der Waals surface area contributed by atoms with E-state index in [1.54, 1.807) is 31.2 Å². The Hall–Kier alpha value is -2.12. The molecular formula is C14H15NO5S. The maximum absolute atomic E-state index is 11.0. The fraction of sp³-hybridized carbons (Fsp3) is 0.286. The molecule has 0 spiro atoms. The summed E-state index contributed by atoms with van der Waals surface area (Å²) >= 11 is 1.06. The van der Waals surface area contributed by atoms with Crippen LogP contribution in [0.25, 0.3) is 0 Å². The maximum atomic E-state index is 11.0. The van der Waals surface area contributed by atoms with Crippen LogP contribution in [0.4, 0.5) is 5.69 Å². The van der Waals surface area contributed by atoms with Crippen molar-refractivity contribution in [2.75, 3.05) is 6.61 Å². The van der Waals surface area contributed by atoms with Gasteiger partial charge in [0, 0.05) is 10.9 Å². The second kappa shape index (κ2) is 6.55. The number of hydrogen-bond acceptors (Lipinski definition) is 6. The molecule has 21 heavy (non-hydrogen) atoms. The molecule has 0 saturated heterocycles. The SMILES string of the molecule is CCOc1ccc(Oc2sc(C(C)O)cc2[N+](=O)[O-])cc1. The Morgan fingerprint density at radius 3 is 2.48 bits per heavy atom. The van der Waals surface area contributed by atoms with Gasteiger partial charge in [0.15, 0.2) is 0 Å². The molecule has 2 aromatic rings. The van der Waals surface area contributed by atoms with Gasteiger partial charge in [0.25, 0.3) is 5.06 Å². The summed E-state index contributed by atoms with van der Waals surface area (Å²) in [6, 6.07) is 8.15. The Morgan fingerprint density at radius 2 is 1.95 bits per heavy atom. The molecule has 0 bridgehead atoms. The number of hydrogen-bond donors (Lipinski definition) is 1. The molecule has 2 rings (SSSR count). The second-order valence-corrected chi connectivity index (χ2v) is 5.31. The quantitative estimate of drug-likeness (QED) is 0.646. The van der Waals surface area contributed by atoms with Crippen LogP contribution in [0.15, 0.2) is 30.3 Å². The first kappa shape index (κ1) is 15.3. The van der Waals surface area contributed by atoms with Crippen molar-refractivity contribution < 1.29 is 19.5 Å². The number of aliphatic hydroxyl groups is 1. The van der Waals surface area contributed by atoms with E-state index in [0.29, 0.717) is 23.0 Å². The molecule has 1 N–H and O–H groups in total. The highest BCUT2D eigenvalue weighted by atomic mass is 32.1. The summed E-state index contributed by atoms with van der Waals surface area (Å²) < 4.78 is 10.9. The number of benzene rings is 1. The van der Waals surface area contributed by atoms with Crippen LogP contribution in [0.5, 0.6) is 16.6 Å². The minimum absolute atomic E-state index is 0.148. The molecule has 1 heterocycles. The Labute approximate surface area is 125 Å². The fourth-order valence-corrected chi connectivity index (χ4v) is 2.60. The van der Waals surface area contributed by atoms with Crippen molar-refractivity contribution >= 4 is 17.0 Å². The van der Waals surface area contributed by atoms with E-state index in [1.807, 2.05) is 6.92 Å². The van der Waals surface area contributed by atoms with Gasteiger partial charge in [-0.1, -0.05) is 11.3 Å². The molecular weight excluding hydrogens is 294 g/mol. The predicted octanol–water partition coefficient (Wildman–Crippen LogP) is 3.90. The smallest absolute Gasteiger partial charge is 0.323 e. The molecule has 0 aliphatic heterocycles. The van der Waals surface area contributed by atoms with E-state index < -0.39 is 11.0 Å². The summed E-state index contributed by atoms with van der Waals surface area (Å²) in [5.41, 5.74) is -0.148. The minimum Gasteiger partial charge on any atom is -0.494 e. The van der Waals surface area contributed by atoms with Gasteiger partial charge in [0.2, 0.25) is 0 Å². The Morgan fingerprint density at radius 1 is 1.33 bits per heavy atom. The number of thiophene rings is 1.